The third-order valence-corrected chi connectivity index (χ3v) is 7.54. The normalized spacial score (nSPS) is 24.1. The van der Waals surface area contributed by atoms with Crippen molar-refractivity contribution in [3.8, 4) is 5.75 Å². The Morgan fingerprint density at radius 1 is 1.09 bits per heavy atom. The standard InChI is InChI=1S/C24H26ClFN4OS/c1-31-21-7-4-16(8-20(21)26)14-27-18-10-24(11-18)12-19(13-24)28-23-29-22(30-32-23)9-15-2-5-17(25)6-3-15/h2-8,18-19,27H,9-14H2,1H3,(H,28,29,30). The van der Waals surface area contributed by atoms with Gasteiger partial charge in [-0.2, -0.15) is 4.37 Å². The third-order valence-electron chi connectivity index (χ3n) is 6.60. The highest BCUT2D eigenvalue weighted by atomic mass is 35.5. The number of benzene rings is 2. The van der Waals surface area contributed by atoms with E-state index in [1.165, 1.54) is 44.3 Å². The van der Waals surface area contributed by atoms with Gasteiger partial charge >= 0.3 is 0 Å². The summed E-state index contributed by atoms with van der Waals surface area (Å²) in [6.07, 6.45) is 5.43. The molecule has 5 rings (SSSR count). The average Bonchev–Trinajstić information content (AvgIpc) is 3.16. The first kappa shape index (κ1) is 21.6. The molecule has 2 aromatic carbocycles. The minimum Gasteiger partial charge on any atom is -0.494 e. The lowest BCUT2D eigenvalue weighted by Gasteiger charge is -2.58. The van der Waals surface area contributed by atoms with Crippen LogP contribution in [-0.4, -0.2) is 28.6 Å². The first-order chi connectivity index (χ1) is 15.5. The highest BCUT2D eigenvalue weighted by Gasteiger charge is 2.52. The van der Waals surface area contributed by atoms with Crippen LogP contribution in [0.4, 0.5) is 9.52 Å². The molecule has 1 aromatic heterocycles. The van der Waals surface area contributed by atoms with E-state index in [-0.39, 0.29) is 11.6 Å². The lowest BCUT2D eigenvalue weighted by molar-refractivity contribution is -0.0125. The lowest BCUT2D eigenvalue weighted by Crippen LogP contribution is -2.58. The molecule has 2 saturated carbocycles. The summed E-state index contributed by atoms with van der Waals surface area (Å²) >= 11 is 7.38. The molecule has 0 unspecified atom stereocenters. The summed E-state index contributed by atoms with van der Waals surface area (Å²) in [5, 5.41) is 8.77. The van der Waals surface area contributed by atoms with E-state index < -0.39 is 0 Å². The summed E-state index contributed by atoms with van der Waals surface area (Å²) in [7, 11) is 1.48. The highest BCUT2D eigenvalue weighted by molar-refractivity contribution is 7.09. The van der Waals surface area contributed by atoms with Crippen molar-refractivity contribution in [2.75, 3.05) is 12.4 Å². The summed E-state index contributed by atoms with van der Waals surface area (Å²) in [6, 6.07) is 13.9. The number of ether oxygens (including phenoxy) is 1. The van der Waals surface area contributed by atoms with Gasteiger partial charge in [0.15, 0.2) is 11.6 Å². The van der Waals surface area contributed by atoms with E-state index in [0.29, 0.717) is 24.0 Å². The van der Waals surface area contributed by atoms with E-state index in [4.69, 9.17) is 16.3 Å². The first-order valence-electron chi connectivity index (χ1n) is 10.9. The van der Waals surface area contributed by atoms with Crippen molar-refractivity contribution < 1.29 is 9.13 Å². The van der Waals surface area contributed by atoms with Gasteiger partial charge < -0.3 is 15.4 Å². The van der Waals surface area contributed by atoms with Crippen LogP contribution >= 0.6 is 23.1 Å². The number of nitrogens with one attached hydrogen (secondary N) is 2. The Morgan fingerprint density at radius 2 is 1.81 bits per heavy atom. The van der Waals surface area contributed by atoms with Gasteiger partial charge in [-0.3, -0.25) is 0 Å². The summed E-state index contributed by atoms with van der Waals surface area (Å²) in [5.41, 5.74) is 2.56. The SMILES string of the molecule is COc1ccc(CNC2CC3(C2)CC(Nc2nc(Cc4ccc(Cl)cc4)ns2)C3)cc1F. The van der Waals surface area contributed by atoms with Crippen LogP contribution in [0.3, 0.4) is 0 Å². The van der Waals surface area contributed by atoms with Gasteiger partial charge in [-0.25, -0.2) is 9.37 Å². The van der Waals surface area contributed by atoms with Crippen LogP contribution in [0.2, 0.25) is 5.02 Å². The van der Waals surface area contributed by atoms with Crippen LogP contribution in [0.1, 0.15) is 42.6 Å². The Labute approximate surface area is 196 Å². The van der Waals surface area contributed by atoms with Crippen molar-refractivity contribution in [3.63, 3.8) is 0 Å². The summed E-state index contributed by atoms with van der Waals surface area (Å²) in [5.74, 6) is 0.825. The van der Waals surface area contributed by atoms with E-state index in [1.807, 2.05) is 30.3 Å². The van der Waals surface area contributed by atoms with Crippen molar-refractivity contribution in [1.82, 2.24) is 14.7 Å². The number of hydrogen-bond donors (Lipinski definition) is 2. The maximum atomic E-state index is 13.8. The molecular formula is C24H26ClFN4OS. The topological polar surface area (TPSA) is 59.1 Å². The molecule has 1 spiro atoms. The Hall–Kier alpha value is -2.22. The number of rotatable bonds is 8. The van der Waals surface area contributed by atoms with E-state index >= 15 is 0 Å². The maximum Gasteiger partial charge on any atom is 0.202 e. The molecule has 5 nitrogen and oxygen atoms in total. The first-order valence-corrected chi connectivity index (χ1v) is 12.0. The number of aromatic nitrogens is 2. The molecule has 0 bridgehead atoms. The second-order valence-corrected chi connectivity index (χ2v) is 10.2. The minimum absolute atomic E-state index is 0.289. The van der Waals surface area contributed by atoms with Crippen LogP contribution in [0.25, 0.3) is 0 Å². The number of nitrogens with zero attached hydrogens (tertiary/aromatic N) is 2. The summed E-state index contributed by atoms with van der Waals surface area (Å²) in [6.45, 7) is 0.685. The van der Waals surface area contributed by atoms with Crippen LogP contribution in [0.5, 0.6) is 5.75 Å². The van der Waals surface area contributed by atoms with Gasteiger partial charge in [0, 0.05) is 41.6 Å². The number of methoxy groups -OCH3 is 1. The van der Waals surface area contributed by atoms with Crippen molar-refractivity contribution >= 4 is 28.3 Å². The van der Waals surface area contributed by atoms with Gasteiger partial charge in [-0.15, -0.1) is 0 Å². The molecular weight excluding hydrogens is 447 g/mol. The van der Waals surface area contributed by atoms with Crippen molar-refractivity contribution in [1.29, 1.82) is 0 Å². The molecule has 168 valence electrons. The monoisotopic (exact) mass is 472 g/mol. The molecule has 2 aliphatic carbocycles. The van der Waals surface area contributed by atoms with Gasteiger partial charge in [0.1, 0.15) is 5.82 Å². The zero-order valence-electron chi connectivity index (χ0n) is 17.9. The van der Waals surface area contributed by atoms with Gasteiger partial charge in [-0.1, -0.05) is 29.8 Å². The van der Waals surface area contributed by atoms with Crippen molar-refractivity contribution in [3.05, 3.63) is 70.3 Å². The molecule has 0 atom stereocenters. The van der Waals surface area contributed by atoms with Crippen LogP contribution in [-0.2, 0) is 13.0 Å². The molecule has 0 saturated heterocycles. The van der Waals surface area contributed by atoms with Crippen molar-refractivity contribution in [2.45, 2.75) is 50.7 Å². The Balaban J connectivity index is 1.04. The quantitative estimate of drug-likeness (QED) is 0.457. The molecule has 0 amide bonds. The Bertz CT molecular complexity index is 1080. The fraction of sp³-hybridized carbons (Fsp3) is 0.417. The van der Waals surface area contributed by atoms with Crippen LogP contribution in [0, 0.1) is 11.2 Å². The van der Waals surface area contributed by atoms with E-state index in [1.54, 1.807) is 12.1 Å². The van der Waals surface area contributed by atoms with Crippen molar-refractivity contribution in [2.24, 2.45) is 5.41 Å². The van der Waals surface area contributed by atoms with Gasteiger partial charge in [0.2, 0.25) is 5.13 Å². The zero-order valence-corrected chi connectivity index (χ0v) is 19.5. The average molecular weight is 473 g/mol. The molecule has 32 heavy (non-hydrogen) atoms. The number of anilines is 1. The van der Waals surface area contributed by atoms with E-state index in [9.17, 15) is 4.39 Å². The Kier molecular flexibility index (Phi) is 6.05. The predicted molar refractivity (Wildman–Crippen MR) is 126 cm³/mol. The number of halogens is 2. The molecule has 0 radical (unpaired) electrons. The molecule has 0 aliphatic heterocycles. The summed E-state index contributed by atoms with van der Waals surface area (Å²) in [4.78, 5) is 4.65. The molecule has 2 N–H and O–H groups in total. The van der Waals surface area contributed by atoms with Gasteiger partial charge in [-0.05, 0) is 66.5 Å². The van der Waals surface area contributed by atoms with E-state index in [2.05, 4.69) is 20.0 Å². The molecule has 2 aliphatic rings. The summed E-state index contributed by atoms with van der Waals surface area (Å²) < 4.78 is 23.3. The molecule has 8 heteroatoms. The lowest BCUT2D eigenvalue weighted by atomic mass is 9.52. The second kappa shape index (κ2) is 8.96. The van der Waals surface area contributed by atoms with E-state index in [0.717, 1.165) is 33.5 Å². The Morgan fingerprint density at radius 3 is 2.53 bits per heavy atom. The van der Waals surface area contributed by atoms with Gasteiger partial charge in [0.25, 0.3) is 0 Å². The minimum atomic E-state index is -0.308. The highest BCUT2D eigenvalue weighted by Crippen LogP contribution is 2.56. The molecule has 2 fully saturated rings. The predicted octanol–water partition coefficient (Wildman–Crippen LogP) is 5.44. The smallest absolute Gasteiger partial charge is 0.202 e. The van der Waals surface area contributed by atoms with Gasteiger partial charge in [0.05, 0.1) is 7.11 Å². The molecule has 1 heterocycles. The van der Waals surface area contributed by atoms with Crippen LogP contribution in [0.15, 0.2) is 42.5 Å². The number of hydrogen-bond acceptors (Lipinski definition) is 6. The third kappa shape index (κ3) is 4.75. The fourth-order valence-electron chi connectivity index (χ4n) is 4.98. The van der Waals surface area contributed by atoms with Crippen LogP contribution < -0.4 is 15.4 Å². The second-order valence-electron chi connectivity index (χ2n) is 9.02. The molecule has 3 aromatic rings. The zero-order chi connectivity index (χ0) is 22.1. The maximum absolute atomic E-state index is 13.8. The largest absolute Gasteiger partial charge is 0.494 e. The fourth-order valence-corrected chi connectivity index (χ4v) is 5.77.